The molecule has 0 saturated heterocycles. The van der Waals surface area contributed by atoms with Gasteiger partial charge in [0, 0.05) is 0 Å². The molecule has 0 spiro atoms. The van der Waals surface area contributed by atoms with E-state index in [4.69, 9.17) is 0 Å². The second kappa shape index (κ2) is 25.3. The van der Waals surface area contributed by atoms with Gasteiger partial charge in [0.1, 0.15) is 0 Å². The van der Waals surface area contributed by atoms with E-state index >= 15 is 0 Å². The topological polar surface area (TPSA) is 80.3 Å². The average Bonchev–Trinajstić information content (AvgIpc) is 2.53. The second-order valence-corrected chi connectivity index (χ2v) is 5.85. The van der Waals surface area contributed by atoms with Crippen LogP contribution in [0.1, 0.15) is 90.9 Å². The summed E-state index contributed by atoms with van der Waals surface area (Å²) in [4.78, 5) is 19.9. The molecule has 0 bridgehead atoms. The number of carbonyl (C=O) groups is 2. The number of allylic oxidation sites excluding steroid dienone is 2. The van der Waals surface area contributed by atoms with Gasteiger partial charge in [-0.15, -0.1) is 0 Å². The molecule has 0 radical (unpaired) electrons. The van der Waals surface area contributed by atoms with Gasteiger partial charge in [-0.3, -0.25) is 0 Å². The smallest absolute Gasteiger partial charge is 0.545 e. The molecule has 0 rings (SSSR count). The van der Waals surface area contributed by atoms with Gasteiger partial charge in [0.2, 0.25) is 0 Å². The first-order valence-corrected chi connectivity index (χ1v) is 9.29. The standard InChI is InChI=1S/2C10H18O2.Zn/c2*1-2-3-4-5-6-7-8-9-10(11)12;/h2*8-9H,2-7H2,1H3,(H,11,12);/q;;+2/p-2. The maximum atomic E-state index is 9.94. The van der Waals surface area contributed by atoms with Crippen molar-refractivity contribution < 1.29 is 39.3 Å². The Kier molecular flexibility index (Phi) is 29.2. The third-order valence-electron chi connectivity index (χ3n) is 3.46. The fraction of sp³-hybridized carbons (Fsp3) is 0.700. The van der Waals surface area contributed by atoms with E-state index in [2.05, 4.69) is 13.8 Å². The van der Waals surface area contributed by atoms with E-state index in [-0.39, 0.29) is 19.5 Å². The predicted octanol–water partition coefficient (Wildman–Crippen LogP) is 3.30. The summed E-state index contributed by atoms with van der Waals surface area (Å²) in [6.45, 7) is 4.35. The molecular formula is C20H34O4Zn. The Bertz CT molecular complexity index is 318. The fourth-order valence-electron chi connectivity index (χ4n) is 2.09. The zero-order valence-electron chi connectivity index (χ0n) is 16.1. The van der Waals surface area contributed by atoms with Gasteiger partial charge in [-0.1, -0.05) is 77.4 Å². The van der Waals surface area contributed by atoms with Crippen molar-refractivity contribution in [3.05, 3.63) is 24.3 Å². The molecule has 0 unspecified atom stereocenters. The number of hydrogen-bond acceptors (Lipinski definition) is 4. The normalized spacial score (nSPS) is 10.3. The van der Waals surface area contributed by atoms with Crippen LogP contribution in [0.15, 0.2) is 24.3 Å². The first-order chi connectivity index (χ1) is 11.5. The molecule has 25 heavy (non-hydrogen) atoms. The van der Waals surface area contributed by atoms with Crippen molar-refractivity contribution >= 4 is 11.9 Å². The molecule has 0 atom stereocenters. The fourth-order valence-corrected chi connectivity index (χ4v) is 2.09. The van der Waals surface area contributed by atoms with Gasteiger partial charge in [0.05, 0.1) is 11.9 Å². The zero-order chi connectivity index (χ0) is 18.5. The van der Waals surface area contributed by atoms with Crippen LogP contribution in [-0.2, 0) is 29.1 Å². The molecule has 0 aliphatic rings. The van der Waals surface area contributed by atoms with Gasteiger partial charge in [0.25, 0.3) is 0 Å². The van der Waals surface area contributed by atoms with Gasteiger partial charge < -0.3 is 19.8 Å². The molecule has 0 aromatic carbocycles. The minimum absolute atomic E-state index is 0. The van der Waals surface area contributed by atoms with Gasteiger partial charge in [-0.25, -0.2) is 0 Å². The molecule has 0 aromatic heterocycles. The molecule has 0 fully saturated rings. The maximum Gasteiger partial charge on any atom is 2.00 e. The summed E-state index contributed by atoms with van der Waals surface area (Å²) in [5.74, 6) is -2.19. The van der Waals surface area contributed by atoms with Crippen LogP contribution >= 0.6 is 0 Å². The van der Waals surface area contributed by atoms with Crippen molar-refractivity contribution in [3.63, 3.8) is 0 Å². The number of rotatable bonds is 14. The first-order valence-electron chi connectivity index (χ1n) is 9.29. The summed E-state index contributed by atoms with van der Waals surface area (Å²) in [5.41, 5.74) is 0. The molecule has 0 amide bonds. The van der Waals surface area contributed by atoms with E-state index in [9.17, 15) is 19.8 Å². The Morgan fingerprint density at radius 2 is 0.960 bits per heavy atom. The Morgan fingerprint density at radius 3 is 1.24 bits per heavy atom. The van der Waals surface area contributed by atoms with E-state index in [1.54, 1.807) is 12.2 Å². The number of carbonyl (C=O) groups excluding carboxylic acids is 2. The molecule has 0 saturated carbocycles. The number of carboxylic acids is 2. The van der Waals surface area contributed by atoms with Crippen molar-refractivity contribution in [2.45, 2.75) is 90.9 Å². The Labute approximate surface area is 166 Å². The van der Waals surface area contributed by atoms with E-state index in [1.807, 2.05) is 0 Å². The minimum Gasteiger partial charge on any atom is -0.545 e. The van der Waals surface area contributed by atoms with Crippen LogP contribution in [0.4, 0.5) is 0 Å². The number of hydrogen-bond donors (Lipinski definition) is 0. The largest absolute Gasteiger partial charge is 2.00 e. The van der Waals surface area contributed by atoms with E-state index in [0.717, 1.165) is 37.8 Å². The summed E-state index contributed by atoms with van der Waals surface area (Å²) >= 11 is 0. The summed E-state index contributed by atoms with van der Waals surface area (Å²) in [6.07, 6.45) is 19.4. The summed E-state index contributed by atoms with van der Waals surface area (Å²) in [5, 5.41) is 19.9. The van der Waals surface area contributed by atoms with Gasteiger partial charge in [0.15, 0.2) is 0 Å². The molecule has 4 nitrogen and oxygen atoms in total. The first kappa shape index (κ1) is 28.8. The third-order valence-corrected chi connectivity index (χ3v) is 3.46. The van der Waals surface area contributed by atoms with Crippen LogP contribution in [0, 0.1) is 0 Å². The monoisotopic (exact) mass is 402 g/mol. The predicted molar refractivity (Wildman–Crippen MR) is 95.0 cm³/mol. The van der Waals surface area contributed by atoms with Crippen LogP contribution in [0.3, 0.4) is 0 Å². The van der Waals surface area contributed by atoms with Crippen molar-refractivity contribution in [3.8, 4) is 0 Å². The van der Waals surface area contributed by atoms with Crippen molar-refractivity contribution in [1.29, 1.82) is 0 Å². The van der Waals surface area contributed by atoms with Crippen LogP contribution in [0.5, 0.6) is 0 Å². The molecular weight excluding hydrogens is 370 g/mol. The third kappa shape index (κ3) is 35.1. The van der Waals surface area contributed by atoms with Crippen molar-refractivity contribution in [2.24, 2.45) is 0 Å². The van der Waals surface area contributed by atoms with Crippen molar-refractivity contribution in [1.82, 2.24) is 0 Å². The molecule has 0 N–H and O–H groups in total. The molecule has 0 aliphatic heterocycles. The zero-order valence-corrected chi connectivity index (χ0v) is 19.1. The van der Waals surface area contributed by atoms with Gasteiger partial charge in [-0.2, -0.15) is 0 Å². The van der Waals surface area contributed by atoms with E-state index in [1.165, 1.54) is 51.4 Å². The molecule has 0 heterocycles. The quantitative estimate of drug-likeness (QED) is 0.253. The number of unbranched alkanes of at least 4 members (excludes halogenated alkanes) is 10. The second-order valence-electron chi connectivity index (χ2n) is 5.85. The Balaban J connectivity index is -0.000000372. The molecule has 5 heteroatoms. The number of aliphatic carboxylic acids is 2. The Hall–Kier alpha value is -0.957. The Morgan fingerprint density at radius 1 is 0.640 bits per heavy atom. The summed E-state index contributed by atoms with van der Waals surface area (Å²) in [7, 11) is 0. The molecule has 0 aromatic rings. The van der Waals surface area contributed by atoms with Crippen LogP contribution in [0.25, 0.3) is 0 Å². The van der Waals surface area contributed by atoms with E-state index in [0.29, 0.717) is 0 Å². The van der Waals surface area contributed by atoms with Gasteiger partial charge in [-0.05, 0) is 37.8 Å². The van der Waals surface area contributed by atoms with Gasteiger partial charge >= 0.3 is 19.5 Å². The minimum atomic E-state index is -1.09. The summed E-state index contributed by atoms with van der Waals surface area (Å²) < 4.78 is 0. The SMILES string of the molecule is CCCCCCCC=CC(=O)[O-].CCCCCCCC=CC(=O)[O-].[Zn+2]. The summed E-state index contributed by atoms with van der Waals surface area (Å²) in [6, 6.07) is 0. The van der Waals surface area contributed by atoms with Crippen LogP contribution in [0.2, 0.25) is 0 Å². The molecule has 0 aliphatic carbocycles. The molecule has 140 valence electrons. The van der Waals surface area contributed by atoms with Crippen LogP contribution in [-0.4, -0.2) is 11.9 Å². The van der Waals surface area contributed by atoms with Crippen molar-refractivity contribution in [2.75, 3.05) is 0 Å². The average molecular weight is 404 g/mol. The maximum absolute atomic E-state index is 9.94. The number of carboxylic acid groups (broad SMARTS) is 2. The van der Waals surface area contributed by atoms with Crippen LogP contribution < -0.4 is 10.2 Å². The van der Waals surface area contributed by atoms with E-state index < -0.39 is 11.9 Å².